The molecular weight excluding hydrogens is 681 g/mol. The van der Waals surface area contributed by atoms with Crippen LogP contribution in [0.1, 0.15) is 21.6 Å². The highest BCUT2D eigenvalue weighted by Crippen LogP contribution is 2.32. The quantitative estimate of drug-likeness (QED) is 0.125. The minimum atomic E-state index is -4.40. The van der Waals surface area contributed by atoms with E-state index in [4.69, 9.17) is 9.47 Å². The molecule has 2 aromatic heterocycles. The molecule has 10 nitrogen and oxygen atoms in total. The summed E-state index contributed by atoms with van der Waals surface area (Å²) in [6.45, 7) is 3.80. The predicted octanol–water partition coefficient (Wildman–Crippen LogP) is 5.28. The lowest BCUT2D eigenvalue weighted by Crippen LogP contribution is -2.42. The third kappa shape index (κ3) is 10.1. The second-order valence-corrected chi connectivity index (χ2v) is 15.3. The van der Waals surface area contributed by atoms with Crippen molar-refractivity contribution >= 4 is 56.0 Å². The van der Waals surface area contributed by atoms with Gasteiger partial charge in [-0.05, 0) is 29.3 Å². The van der Waals surface area contributed by atoms with E-state index in [0.717, 1.165) is 36.9 Å². The zero-order valence-corrected chi connectivity index (χ0v) is 28.9. The molecule has 3 N–H and O–H groups in total. The minimum Gasteiger partial charge on any atom is -0.491 e. The van der Waals surface area contributed by atoms with Gasteiger partial charge in [-0.1, -0.05) is 36.4 Å². The van der Waals surface area contributed by atoms with E-state index in [0.29, 0.717) is 29.8 Å². The minimum absolute atomic E-state index is 0.0758. The van der Waals surface area contributed by atoms with Gasteiger partial charge >= 0.3 is 0 Å². The first-order valence-electron chi connectivity index (χ1n) is 15.5. The number of rotatable bonds is 17. The molecule has 15 heteroatoms. The van der Waals surface area contributed by atoms with Crippen molar-refractivity contribution in [3.63, 3.8) is 0 Å². The summed E-state index contributed by atoms with van der Waals surface area (Å²) in [6, 6.07) is 17.7. The molecule has 1 amide bonds. The molecule has 258 valence electrons. The standard InChI is InChI=1S/C33H39F2N5O5S3/c1-44-12-13-45-26-16-25-17-29(38-31(25)28(19-26)39-48(42,43)33-24(18-30(34)35)8-5-9-36-33)32(41)37-20-27(21-40-10-14-46-15-11-40)47-22-23-6-3-2-4-7-23/h2-9,16-17,19,27,30,38-39H,10-15,18,20-22H2,1H3,(H,37,41). The number of thioether (sulfide) groups is 2. The Kier molecular flexibility index (Phi) is 13.0. The van der Waals surface area contributed by atoms with Crippen LogP contribution in [0.25, 0.3) is 10.9 Å². The van der Waals surface area contributed by atoms with Crippen LogP contribution in [-0.2, 0) is 26.9 Å². The number of halogens is 2. The van der Waals surface area contributed by atoms with Crippen LogP contribution in [0.4, 0.5) is 14.5 Å². The van der Waals surface area contributed by atoms with Gasteiger partial charge in [0.1, 0.15) is 18.1 Å². The van der Waals surface area contributed by atoms with E-state index in [9.17, 15) is 22.0 Å². The highest BCUT2D eigenvalue weighted by atomic mass is 32.2. The van der Waals surface area contributed by atoms with Gasteiger partial charge in [-0.25, -0.2) is 13.8 Å². The van der Waals surface area contributed by atoms with Crippen molar-refractivity contribution < 1.29 is 31.5 Å². The second kappa shape index (κ2) is 17.3. The summed E-state index contributed by atoms with van der Waals surface area (Å²) < 4.78 is 66.8. The summed E-state index contributed by atoms with van der Waals surface area (Å²) in [4.78, 5) is 22.9. The molecule has 4 aromatic rings. The number of ether oxygens (including phenoxy) is 2. The van der Waals surface area contributed by atoms with E-state index in [1.165, 1.54) is 37.1 Å². The number of nitrogens with one attached hydrogen (secondary N) is 3. The largest absolute Gasteiger partial charge is 0.491 e. The molecule has 1 aliphatic heterocycles. The number of methoxy groups -OCH3 is 1. The Morgan fingerprint density at radius 2 is 1.90 bits per heavy atom. The number of H-pyrrole nitrogens is 1. The van der Waals surface area contributed by atoms with Crippen molar-refractivity contribution in [1.82, 2.24) is 20.2 Å². The first kappa shape index (κ1) is 35.9. The Bertz CT molecular complexity index is 1760. The van der Waals surface area contributed by atoms with Crippen molar-refractivity contribution in [3.05, 3.63) is 83.7 Å². The van der Waals surface area contributed by atoms with Crippen LogP contribution in [0, 0.1) is 0 Å². The number of hydrogen-bond donors (Lipinski definition) is 3. The van der Waals surface area contributed by atoms with Gasteiger partial charge < -0.3 is 24.7 Å². The number of aromatic amines is 1. The summed E-state index contributed by atoms with van der Waals surface area (Å²) in [5, 5.41) is 3.23. The Hall–Kier alpha value is -3.37. The third-order valence-electron chi connectivity index (χ3n) is 7.61. The number of hydrogen-bond acceptors (Lipinski definition) is 9. The fourth-order valence-corrected chi connectivity index (χ4v) is 8.62. The molecule has 48 heavy (non-hydrogen) atoms. The number of aromatic nitrogens is 2. The number of benzene rings is 2. The van der Waals surface area contributed by atoms with Crippen LogP contribution in [-0.4, -0.2) is 98.9 Å². The Morgan fingerprint density at radius 3 is 2.65 bits per heavy atom. The average molecular weight is 720 g/mol. The number of nitrogens with zero attached hydrogens (tertiary/aromatic N) is 2. The smallest absolute Gasteiger partial charge is 0.279 e. The molecule has 1 aliphatic rings. The number of pyridine rings is 1. The van der Waals surface area contributed by atoms with Gasteiger partial charge in [0.25, 0.3) is 15.9 Å². The monoisotopic (exact) mass is 719 g/mol. The molecule has 1 unspecified atom stereocenters. The van der Waals surface area contributed by atoms with E-state index in [-0.39, 0.29) is 34.7 Å². The molecule has 1 fully saturated rings. The lowest BCUT2D eigenvalue weighted by Gasteiger charge is -2.30. The van der Waals surface area contributed by atoms with E-state index in [1.54, 1.807) is 23.9 Å². The van der Waals surface area contributed by atoms with Gasteiger partial charge in [0.2, 0.25) is 6.43 Å². The molecule has 0 aliphatic carbocycles. The van der Waals surface area contributed by atoms with Crippen LogP contribution in [0.3, 0.4) is 0 Å². The normalized spacial score (nSPS) is 14.7. The van der Waals surface area contributed by atoms with Crippen molar-refractivity contribution in [2.45, 2.75) is 28.9 Å². The second-order valence-electron chi connectivity index (χ2n) is 11.2. The highest BCUT2D eigenvalue weighted by molar-refractivity contribution is 7.99. The summed E-state index contributed by atoms with van der Waals surface area (Å²) >= 11 is 3.76. The van der Waals surface area contributed by atoms with E-state index in [2.05, 4.69) is 37.0 Å². The molecule has 0 radical (unpaired) electrons. The maximum absolute atomic E-state index is 13.5. The third-order valence-corrected chi connectivity index (χ3v) is 11.2. The number of fused-ring (bicyclic) bond motifs is 1. The SMILES string of the molecule is COCCOc1cc(NS(=O)(=O)c2ncccc2CC(F)F)c2[nH]c(C(=O)NCC(CN3CCSCC3)SCc3ccccc3)cc2c1. The molecule has 0 spiro atoms. The number of alkyl halides is 2. The van der Waals surface area contributed by atoms with E-state index < -0.39 is 27.9 Å². The van der Waals surface area contributed by atoms with Crippen LogP contribution in [0.15, 0.2) is 71.9 Å². The van der Waals surface area contributed by atoms with Gasteiger partial charge in [0, 0.05) is 79.9 Å². The molecule has 1 saturated heterocycles. The number of amides is 1. The van der Waals surface area contributed by atoms with E-state index >= 15 is 0 Å². The molecule has 3 heterocycles. The summed E-state index contributed by atoms with van der Waals surface area (Å²) in [5.41, 5.74) is 1.74. The first-order chi connectivity index (χ1) is 23.2. The Balaban J connectivity index is 1.37. The van der Waals surface area contributed by atoms with Gasteiger partial charge in [-0.3, -0.25) is 9.52 Å². The lowest BCUT2D eigenvalue weighted by atomic mass is 10.2. The number of sulfonamides is 1. The molecule has 1 atom stereocenters. The molecule has 0 saturated carbocycles. The summed E-state index contributed by atoms with van der Waals surface area (Å²) in [7, 11) is -2.87. The fourth-order valence-electron chi connectivity index (χ4n) is 5.26. The van der Waals surface area contributed by atoms with Gasteiger partial charge in [0.05, 0.1) is 17.8 Å². The van der Waals surface area contributed by atoms with Crippen LogP contribution in [0.2, 0.25) is 0 Å². The zero-order valence-electron chi connectivity index (χ0n) is 26.5. The first-order valence-corrected chi connectivity index (χ1v) is 19.2. The fraction of sp³-hybridized carbons (Fsp3) is 0.394. The maximum atomic E-state index is 13.5. The summed E-state index contributed by atoms with van der Waals surface area (Å²) in [5.74, 6) is 2.99. The Labute approximate surface area is 287 Å². The predicted molar refractivity (Wildman–Crippen MR) is 188 cm³/mol. The van der Waals surface area contributed by atoms with Crippen molar-refractivity contribution in [3.8, 4) is 5.75 Å². The molecule has 5 rings (SSSR count). The van der Waals surface area contributed by atoms with Crippen molar-refractivity contribution in [2.24, 2.45) is 0 Å². The van der Waals surface area contributed by atoms with Gasteiger partial charge in [0.15, 0.2) is 5.03 Å². The highest BCUT2D eigenvalue weighted by Gasteiger charge is 2.25. The van der Waals surface area contributed by atoms with E-state index in [1.807, 2.05) is 30.0 Å². The van der Waals surface area contributed by atoms with Crippen LogP contribution in [0.5, 0.6) is 5.75 Å². The van der Waals surface area contributed by atoms with Gasteiger partial charge in [-0.15, -0.1) is 0 Å². The number of carbonyl (C=O) groups excluding carboxylic acids is 1. The van der Waals surface area contributed by atoms with Gasteiger partial charge in [-0.2, -0.15) is 31.9 Å². The summed E-state index contributed by atoms with van der Waals surface area (Å²) in [6.07, 6.45) is -2.30. The van der Waals surface area contributed by atoms with Crippen molar-refractivity contribution in [2.75, 3.05) is 62.7 Å². The topological polar surface area (TPSA) is 126 Å². The molecule has 2 aromatic carbocycles. The van der Waals surface area contributed by atoms with Crippen LogP contribution >= 0.6 is 23.5 Å². The maximum Gasteiger partial charge on any atom is 0.279 e. The number of carbonyl (C=O) groups is 1. The lowest BCUT2D eigenvalue weighted by molar-refractivity contribution is 0.0948. The molecule has 0 bridgehead atoms. The Morgan fingerprint density at radius 1 is 1.10 bits per heavy atom. The van der Waals surface area contributed by atoms with Crippen molar-refractivity contribution in [1.29, 1.82) is 0 Å². The average Bonchev–Trinajstić information content (AvgIpc) is 3.52. The van der Waals surface area contributed by atoms with Crippen LogP contribution < -0.4 is 14.8 Å². The zero-order chi connectivity index (χ0) is 33.9. The number of anilines is 1. The molecular formula is C33H39F2N5O5S3.